The maximum atomic E-state index is 4.54. The first kappa shape index (κ1) is 14.3. The zero-order chi connectivity index (χ0) is 15.0. The molecule has 0 bridgehead atoms. The van der Waals surface area contributed by atoms with E-state index in [2.05, 4.69) is 68.6 Å². The third-order valence-electron chi connectivity index (χ3n) is 3.72. The molecule has 110 valence electrons. The van der Waals surface area contributed by atoms with Gasteiger partial charge in [0.1, 0.15) is 5.82 Å². The highest BCUT2D eigenvalue weighted by molar-refractivity contribution is 9.10. The molecule has 2 N–H and O–H groups in total. The molecule has 1 aliphatic carbocycles. The van der Waals surface area contributed by atoms with E-state index in [4.69, 9.17) is 0 Å². The molecule has 4 nitrogen and oxygen atoms in total. The quantitative estimate of drug-likeness (QED) is 0.854. The van der Waals surface area contributed by atoms with Gasteiger partial charge in [0.2, 0.25) is 5.95 Å². The number of benzene rings is 1. The van der Waals surface area contributed by atoms with E-state index < -0.39 is 0 Å². The third-order valence-corrected chi connectivity index (χ3v) is 4.17. The fraction of sp³-hybridized carbons (Fsp3) is 0.375. The lowest BCUT2D eigenvalue weighted by Crippen LogP contribution is -2.04. The fourth-order valence-corrected chi connectivity index (χ4v) is 3.15. The topological polar surface area (TPSA) is 49.8 Å². The van der Waals surface area contributed by atoms with E-state index in [1.165, 1.54) is 24.0 Å². The summed E-state index contributed by atoms with van der Waals surface area (Å²) in [6.07, 6.45) is 2.46. The van der Waals surface area contributed by atoms with Crippen LogP contribution in [-0.2, 0) is 0 Å². The first-order valence-corrected chi connectivity index (χ1v) is 7.96. The molecule has 0 atom stereocenters. The van der Waals surface area contributed by atoms with Gasteiger partial charge in [-0.05, 0) is 49.9 Å². The van der Waals surface area contributed by atoms with E-state index in [9.17, 15) is 0 Å². The Labute approximate surface area is 133 Å². The van der Waals surface area contributed by atoms with E-state index in [1.807, 2.05) is 7.05 Å². The maximum Gasteiger partial charge on any atom is 0.224 e. The van der Waals surface area contributed by atoms with Gasteiger partial charge in [-0.3, -0.25) is 0 Å². The predicted octanol–water partition coefficient (Wildman–Crippen LogP) is 4.52. The Morgan fingerprint density at radius 2 is 1.76 bits per heavy atom. The van der Waals surface area contributed by atoms with Crippen LogP contribution in [0, 0.1) is 13.8 Å². The van der Waals surface area contributed by atoms with E-state index in [1.54, 1.807) is 0 Å². The van der Waals surface area contributed by atoms with Gasteiger partial charge in [0.25, 0.3) is 0 Å². The normalized spacial score (nSPS) is 14.1. The minimum absolute atomic E-state index is 0.604. The number of hydrogen-bond donors (Lipinski definition) is 2. The van der Waals surface area contributed by atoms with Crippen LogP contribution in [0.1, 0.15) is 35.6 Å². The summed E-state index contributed by atoms with van der Waals surface area (Å²) in [5.74, 6) is 2.13. The highest BCUT2D eigenvalue weighted by atomic mass is 79.9. The van der Waals surface area contributed by atoms with Gasteiger partial charge in [0, 0.05) is 29.2 Å². The molecule has 0 amide bonds. The minimum Gasteiger partial charge on any atom is -0.357 e. The smallest absolute Gasteiger partial charge is 0.224 e. The van der Waals surface area contributed by atoms with E-state index in [0.29, 0.717) is 11.9 Å². The lowest BCUT2D eigenvalue weighted by Gasteiger charge is -2.14. The van der Waals surface area contributed by atoms with Crippen LogP contribution in [0.15, 0.2) is 22.7 Å². The number of rotatable bonds is 4. The Kier molecular flexibility index (Phi) is 3.85. The Bertz CT molecular complexity index is 657. The Balaban J connectivity index is 1.96. The molecule has 1 fully saturated rings. The standard InChI is InChI=1S/C16H19BrN4/c1-9-6-12(17)7-10(2)15(9)20-14-8-13(11-4-5-11)19-16(18-3)21-14/h6-8,11H,4-5H2,1-3H3,(H2,18,19,20,21). The summed E-state index contributed by atoms with van der Waals surface area (Å²) >= 11 is 3.53. The number of anilines is 3. The zero-order valence-electron chi connectivity index (χ0n) is 12.5. The largest absolute Gasteiger partial charge is 0.357 e. The van der Waals surface area contributed by atoms with Crippen molar-refractivity contribution in [3.63, 3.8) is 0 Å². The summed E-state index contributed by atoms with van der Waals surface area (Å²) in [6.45, 7) is 4.20. The second-order valence-electron chi connectivity index (χ2n) is 5.57. The summed E-state index contributed by atoms with van der Waals surface area (Å²) < 4.78 is 1.10. The summed E-state index contributed by atoms with van der Waals surface area (Å²) in [7, 11) is 1.85. The monoisotopic (exact) mass is 346 g/mol. The highest BCUT2D eigenvalue weighted by Gasteiger charge is 2.26. The van der Waals surface area contributed by atoms with Crippen LogP contribution < -0.4 is 10.6 Å². The van der Waals surface area contributed by atoms with Crippen LogP contribution in [-0.4, -0.2) is 17.0 Å². The average Bonchev–Trinajstić information content (AvgIpc) is 3.27. The number of nitrogens with zero attached hydrogens (tertiary/aromatic N) is 2. The third kappa shape index (κ3) is 3.18. The SMILES string of the molecule is CNc1nc(Nc2c(C)cc(Br)cc2C)cc(C2CC2)n1. The molecule has 5 heteroatoms. The Hall–Kier alpha value is -1.62. The van der Waals surface area contributed by atoms with Crippen molar-refractivity contribution in [2.24, 2.45) is 0 Å². The van der Waals surface area contributed by atoms with Crippen LogP contribution in [0.3, 0.4) is 0 Å². The predicted molar refractivity (Wildman–Crippen MR) is 90.5 cm³/mol. The van der Waals surface area contributed by atoms with Crippen molar-refractivity contribution in [2.45, 2.75) is 32.6 Å². The molecule has 1 aromatic carbocycles. The van der Waals surface area contributed by atoms with Gasteiger partial charge in [-0.1, -0.05) is 15.9 Å². The van der Waals surface area contributed by atoms with Crippen molar-refractivity contribution in [3.05, 3.63) is 39.5 Å². The molecule has 1 aliphatic rings. The summed E-state index contributed by atoms with van der Waals surface area (Å²) in [5, 5.41) is 6.50. The van der Waals surface area contributed by atoms with Crippen molar-refractivity contribution in [1.29, 1.82) is 0 Å². The molecule has 0 unspecified atom stereocenters. The number of nitrogens with one attached hydrogen (secondary N) is 2. The van der Waals surface area contributed by atoms with Crippen molar-refractivity contribution >= 4 is 33.4 Å². The molecular weight excluding hydrogens is 328 g/mol. The number of aromatic nitrogens is 2. The molecular formula is C16H19BrN4. The molecule has 3 rings (SSSR count). The molecule has 0 saturated heterocycles. The van der Waals surface area contributed by atoms with Gasteiger partial charge in [-0.15, -0.1) is 0 Å². The Morgan fingerprint density at radius 1 is 1.10 bits per heavy atom. The molecule has 0 aliphatic heterocycles. The minimum atomic E-state index is 0.604. The van der Waals surface area contributed by atoms with Crippen molar-refractivity contribution in [3.8, 4) is 0 Å². The van der Waals surface area contributed by atoms with Gasteiger partial charge >= 0.3 is 0 Å². The number of hydrogen-bond acceptors (Lipinski definition) is 4. The van der Waals surface area contributed by atoms with Crippen LogP contribution >= 0.6 is 15.9 Å². The molecule has 1 aromatic heterocycles. The summed E-state index contributed by atoms with van der Waals surface area (Å²) in [6, 6.07) is 6.29. The second-order valence-corrected chi connectivity index (χ2v) is 6.48. The van der Waals surface area contributed by atoms with E-state index in [0.717, 1.165) is 21.7 Å². The number of aryl methyl sites for hydroxylation is 2. The van der Waals surface area contributed by atoms with E-state index >= 15 is 0 Å². The summed E-state index contributed by atoms with van der Waals surface area (Å²) in [4.78, 5) is 9.06. The van der Waals surface area contributed by atoms with Crippen LogP contribution in [0.5, 0.6) is 0 Å². The second kappa shape index (κ2) is 5.64. The first-order valence-electron chi connectivity index (χ1n) is 7.17. The molecule has 2 aromatic rings. The lowest BCUT2D eigenvalue weighted by molar-refractivity contribution is 0.991. The van der Waals surface area contributed by atoms with Crippen LogP contribution in [0.2, 0.25) is 0 Å². The van der Waals surface area contributed by atoms with Gasteiger partial charge < -0.3 is 10.6 Å². The Morgan fingerprint density at radius 3 is 2.33 bits per heavy atom. The first-order chi connectivity index (χ1) is 10.1. The van der Waals surface area contributed by atoms with E-state index in [-0.39, 0.29) is 0 Å². The van der Waals surface area contributed by atoms with Gasteiger partial charge in [0.05, 0.1) is 5.69 Å². The molecule has 21 heavy (non-hydrogen) atoms. The van der Waals surface area contributed by atoms with Crippen molar-refractivity contribution in [1.82, 2.24) is 9.97 Å². The molecule has 1 heterocycles. The number of halogens is 1. The van der Waals surface area contributed by atoms with Gasteiger partial charge in [0.15, 0.2) is 0 Å². The average molecular weight is 347 g/mol. The lowest BCUT2D eigenvalue weighted by atomic mass is 10.1. The highest BCUT2D eigenvalue weighted by Crippen LogP contribution is 2.40. The van der Waals surface area contributed by atoms with Crippen LogP contribution in [0.4, 0.5) is 17.5 Å². The maximum absolute atomic E-state index is 4.54. The fourth-order valence-electron chi connectivity index (χ4n) is 2.47. The molecule has 0 radical (unpaired) electrons. The molecule has 0 spiro atoms. The van der Waals surface area contributed by atoms with Gasteiger partial charge in [-0.25, -0.2) is 4.98 Å². The van der Waals surface area contributed by atoms with Gasteiger partial charge in [-0.2, -0.15) is 4.98 Å². The molecule has 1 saturated carbocycles. The summed E-state index contributed by atoms with van der Waals surface area (Å²) in [5.41, 5.74) is 4.63. The van der Waals surface area contributed by atoms with Crippen LogP contribution in [0.25, 0.3) is 0 Å². The van der Waals surface area contributed by atoms with Crippen molar-refractivity contribution < 1.29 is 0 Å². The zero-order valence-corrected chi connectivity index (χ0v) is 14.1. The van der Waals surface area contributed by atoms with Crippen molar-refractivity contribution in [2.75, 3.05) is 17.7 Å².